The van der Waals surface area contributed by atoms with Gasteiger partial charge in [-0.3, -0.25) is 0 Å². The van der Waals surface area contributed by atoms with E-state index in [0.717, 1.165) is 0 Å². The average Bonchev–Trinajstić information content (AvgIpc) is 1.58. The van der Waals surface area contributed by atoms with Gasteiger partial charge >= 0.3 is 20.9 Å². The van der Waals surface area contributed by atoms with Crippen molar-refractivity contribution in [2.45, 2.75) is 10.6 Å². The highest BCUT2D eigenvalue weighted by Gasteiger charge is 2.66. The van der Waals surface area contributed by atoms with Gasteiger partial charge in [0.25, 0.3) is 0 Å². The molecule has 0 rings (SSSR count). The summed E-state index contributed by atoms with van der Waals surface area (Å²) < 4.78 is 75.9. The molecule has 0 aromatic heterocycles. The second-order valence-corrected chi connectivity index (χ2v) is 3.32. The lowest BCUT2D eigenvalue weighted by Crippen LogP contribution is -2.40. The van der Waals surface area contributed by atoms with Gasteiger partial charge in [0.05, 0.1) is 0 Å². The Labute approximate surface area is 63.2 Å². The highest BCUT2D eigenvalue weighted by Crippen LogP contribution is 2.42. The molecule has 0 saturated carbocycles. The van der Waals surface area contributed by atoms with Crippen LogP contribution >= 0.6 is 11.6 Å². The molecule has 0 aliphatic rings. The maximum Gasteiger partial charge on any atom is 0.451 e. The fourth-order valence-corrected chi connectivity index (χ4v) is 0.691. The van der Waals surface area contributed by atoms with Crippen LogP contribution in [0.4, 0.5) is 21.4 Å². The standard InChI is InChI=1S/C2ClF5O2S/c3-1(4,5)2(6,7)11(8,9)10. The summed E-state index contributed by atoms with van der Waals surface area (Å²) >= 11 is 3.61. The first-order valence-electron chi connectivity index (χ1n) is 1.89. The number of halogens is 6. The van der Waals surface area contributed by atoms with Gasteiger partial charge < -0.3 is 0 Å². The van der Waals surface area contributed by atoms with Crippen LogP contribution in [0.15, 0.2) is 0 Å². The normalized spacial score (nSPS) is 15.1. The summed E-state index contributed by atoms with van der Waals surface area (Å²) in [5.41, 5.74) is 0. The number of alkyl halides is 5. The zero-order valence-electron chi connectivity index (χ0n) is 4.49. The first kappa shape index (κ1) is 10.9. The Balaban J connectivity index is 5.08. The van der Waals surface area contributed by atoms with Gasteiger partial charge in [0.15, 0.2) is 0 Å². The van der Waals surface area contributed by atoms with Crippen molar-refractivity contribution in [1.29, 1.82) is 0 Å². The van der Waals surface area contributed by atoms with E-state index in [9.17, 15) is 29.9 Å². The van der Waals surface area contributed by atoms with Gasteiger partial charge in [-0.1, -0.05) is 3.89 Å². The zero-order chi connectivity index (χ0) is 9.50. The molecule has 0 spiro atoms. The molecule has 68 valence electrons. The van der Waals surface area contributed by atoms with E-state index < -0.39 is 20.9 Å². The molecule has 0 aliphatic heterocycles. The second kappa shape index (κ2) is 2.44. The summed E-state index contributed by atoms with van der Waals surface area (Å²) in [4.78, 5) is 0. The Morgan fingerprint density at radius 1 is 1.09 bits per heavy atom. The van der Waals surface area contributed by atoms with Gasteiger partial charge in [0, 0.05) is 0 Å². The summed E-state index contributed by atoms with van der Waals surface area (Å²) in [6, 6.07) is 0. The predicted molar refractivity (Wildman–Crippen MR) is 25.8 cm³/mol. The molecular formula is C2ClF5O2S. The molecule has 0 N–H and O–H groups in total. The van der Waals surface area contributed by atoms with Crippen molar-refractivity contribution in [3.63, 3.8) is 0 Å². The molecule has 0 saturated heterocycles. The van der Waals surface area contributed by atoms with E-state index in [0.29, 0.717) is 0 Å². The van der Waals surface area contributed by atoms with Crippen molar-refractivity contribution in [2.24, 2.45) is 0 Å². The Hall–Kier alpha value is -0.110. The molecule has 9 heteroatoms. The average molecular weight is 219 g/mol. The highest BCUT2D eigenvalue weighted by atomic mass is 35.5. The molecular weight excluding hydrogens is 219 g/mol. The Morgan fingerprint density at radius 3 is 1.36 bits per heavy atom. The molecule has 0 unspecified atom stereocenters. The summed E-state index contributed by atoms with van der Waals surface area (Å²) in [6.45, 7) is 0. The maximum absolute atomic E-state index is 11.6. The molecule has 0 heterocycles. The topological polar surface area (TPSA) is 34.1 Å². The summed E-state index contributed by atoms with van der Waals surface area (Å²) in [5.74, 6) is 0. The predicted octanol–water partition coefficient (Wildman–Crippen LogP) is 1.71. The summed E-state index contributed by atoms with van der Waals surface area (Å²) in [5, 5.41) is -11.3. The first-order chi connectivity index (χ1) is 4.50. The number of hydrogen-bond donors (Lipinski definition) is 0. The third-order valence-corrected chi connectivity index (χ3v) is 1.85. The van der Waals surface area contributed by atoms with E-state index >= 15 is 0 Å². The third kappa shape index (κ3) is 1.92. The van der Waals surface area contributed by atoms with Gasteiger partial charge in [0.2, 0.25) is 0 Å². The molecule has 0 bridgehead atoms. The van der Waals surface area contributed by atoms with Crippen molar-refractivity contribution in [3.05, 3.63) is 0 Å². The van der Waals surface area contributed by atoms with E-state index in [1.54, 1.807) is 0 Å². The molecule has 0 aromatic rings. The fraction of sp³-hybridized carbons (Fsp3) is 1.00. The smallest absolute Gasteiger partial charge is 0.188 e. The minimum atomic E-state index is -6.68. The second-order valence-electron chi connectivity index (χ2n) is 1.45. The van der Waals surface area contributed by atoms with Crippen molar-refractivity contribution >= 4 is 21.8 Å². The van der Waals surface area contributed by atoms with Crippen molar-refractivity contribution in [2.75, 3.05) is 0 Å². The van der Waals surface area contributed by atoms with Crippen molar-refractivity contribution in [3.8, 4) is 0 Å². The minimum absolute atomic E-state index is 3.61. The van der Waals surface area contributed by atoms with E-state index in [1.165, 1.54) is 0 Å². The zero-order valence-corrected chi connectivity index (χ0v) is 6.06. The molecule has 0 amide bonds. The van der Waals surface area contributed by atoms with E-state index in [1.807, 2.05) is 0 Å². The van der Waals surface area contributed by atoms with Gasteiger partial charge in [-0.2, -0.15) is 26.0 Å². The monoisotopic (exact) mass is 218 g/mol. The van der Waals surface area contributed by atoms with Crippen LogP contribution in [0.1, 0.15) is 0 Å². The fourth-order valence-electron chi connectivity index (χ4n) is 0.138. The lowest BCUT2D eigenvalue weighted by Gasteiger charge is -2.15. The molecule has 0 aliphatic carbocycles. The van der Waals surface area contributed by atoms with Crippen LogP contribution in [-0.4, -0.2) is 19.1 Å². The Morgan fingerprint density at radius 2 is 1.36 bits per heavy atom. The van der Waals surface area contributed by atoms with Crippen LogP contribution in [0.5, 0.6) is 0 Å². The Kier molecular flexibility index (Phi) is 2.42. The SMILES string of the molecule is O=S(=O)(F)C(F)(F)C(F)(F)Cl. The van der Waals surface area contributed by atoms with E-state index in [4.69, 9.17) is 0 Å². The lowest BCUT2D eigenvalue weighted by atomic mass is 10.7. The molecule has 11 heavy (non-hydrogen) atoms. The van der Waals surface area contributed by atoms with Crippen molar-refractivity contribution in [1.82, 2.24) is 0 Å². The molecule has 2 nitrogen and oxygen atoms in total. The Bertz CT molecular complexity index is 240. The van der Waals surface area contributed by atoms with Gasteiger partial charge in [-0.25, -0.2) is 0 Å². The third-order valence-electron chi connectivity index (χ3n) is 0.636. The van der Waals surface area contributed by atoms with Crippen molar-refractivity contribution < 1.29 is 29.9 Å². The summed E-state index contributed by atoms with van der Waals surface area (Å²) in [7, 11) is -6.68. The molecule has 0 fully saturated rings. The summed E-state index contributed by atoms with van der Waals surface area (Å²) in [6.07, 6.45) is 0. The minimum Gasteiger partial charge on any atom is -0.188 e. The molecule has 0 radical (unpaired) electrons. The van der Waals surface area contributed by atoms with Crippen LogP contribution in [-0.2, 0) is 10.2 Å². The quantitative estimate of drug-likeness (QED) is 0.402. The van der Waals surface area contributed by atoms with Gasteiger partial charge in [-0.05, 0) is 11.6 Å². The van der Waals surface area contributed by atoms with Gasteiger partial charge in [-0.15, -0.1) is 0 Å². The molecule has 0 aromatic carbocycles. The van der Waals surface area contributed by atoms with Crippen LogP contribution in [0, 0.1) is 0 Å². The number of rotatable bonds is 2. The van der Waals surface area contributed by atoms with Crippen LogP contribution in [0.3, 0.4) is 0 Å². The lowest BCUT2D eigenvalue weighted by molar-refractivity contribution is -0.0988. The van der Waals surface area contributed by atoms with Crippen LogP contribution < -0.4 is 0 Å². The number of hydrogen-bond acceptors (Lipinski definition) is 2. The largest absolute Gasteiger partial charge is 0.451 e. The van der Waals surface area contributed by atoms with Gasteiger partial charge in [0.1, 0.15) is 0 Å². The van der Waals surface area contributed by atoms with E-state index in [2.05, 4.69) is 11.6 Å². The molecule has 0 atom stereocenters. The van der Waals surface area contributed by atoms with Crippen LogP contribution in [0.2, 0.25) is 0 Å². The highest BCUT2D eigenvalue weighted by molar-refractivity contribution is 7.87. The van der Waals surface area contributed by atoms with E-state index in [-0.39, 0.29) is 0 Å². The maximum atomic E-state index is 11.6. The van der Waals surface area contributed by atoms with Crippen LogP contribution in [0.25, 0.3) is 0 Å². The first-order valence-corrected chi connectivity index (χ1v) is 3.65.